The van der Waals surface area contributed by atoms with E-state index in [0.29, 0.717) is 23.5 Å². The van der Waals surface area contributed by atoms with E-state index >= 15 is 0 Å². The Morgan fingerprint density at radius 2 is 0.964 bits per heavy atom. The summed E-state index contributed by atoms with van der Waals surface area (Å²) in [5, 5.41) is 2.28. The highest BCUT2D eigenvalue weighted by Crippen LogP contribution is 2.68. The quantitative estimate of drug-likeness (QED) is 0.181. The van der Waals surface area contributed by atoms with Crippen LogP contribution in [0.4, 0.5) is 0 Å². The third-order valence-corrected chi connectivity index (χ3v) is 14.4. The average Bonchev–Trinajstić information content (AvgIpc) is 3.61. The second kappa shape index (κ2) is 11.8. The van der Waals surface area contributed by atoms with Crippen molar-refractivity contribution in [1.29, 1.82) is 0 Å². The van der Waals surface area contributed by atoms with Gasteiger partial charge < -0.3 is 4.42 Å². The van der Waals surface area contributed by atoms with Gasteiger partial charge in [0.1, 0.15) is 11.2 Å². The van der Waals surface area contributed by atoms with Crippen LogP contribution in [0.3, 0.4) is 0 Å². The monoisotopic (exact) mass is 725 g/mol. The van der Waals surface area contributed by atoms with Crippen molar-refractivity contribution in [2.24, 2.45) is 23.7 Å². The molecule has 1 spiro atoms. The number of aromatic nitrogens is 3. The Balaban J connectivity index is 0.990. The van der Waals surface area contributed by atoms with Gasteiger partial charge in [-0.1, -0.05) is 129 Å². The highest BCUT2D eigenvalue weighted by Gasteiger charge is 2.62. The maximum absolute atomic E-state index is 6.22. The third-order valence-electron chi connectivity index (χ3n) is 14.4. The first-order valence-electron chi connectivity index (χ1n) is 20.5. The molecule has 0 saturated heterocycles. The van der Waals surface area contributed by atoms with E-state index in [0.717, 1.165) is 67.4 Å². The second-order valence-corrected chi connectivity index (χ2v) is 17.7. The molecule has 0 atom stereocenters. The van der Waals surface area contributed by atoms with Crippen LogP contribution in [0.5, 0.6) is 0 Å². The van der Waals surface area contributed by atoms with Crippen LogP contribution < -0.4 is 0 Å². The second-order valence-electron chi connectivity index (χ2n) is 17.7. The predicted octanol–water partition coefficient (Wildman–Crippen LogP) is 12.8. The summed E-state index contributed by atoms with van der Waals surface area (Å²) in [6, 6.07) is 50.4. The van der Waals surface area contributed by atoms with Crippen LogP contribution in [0.25, 0.3) is 67.2 Å². The van der Waals surface area contributed by atoms with Gasteiger partial charge in [0.05, 0.1) is 0 Å². The predicted molar refractivity (Wildman–Crippen MR) is 225 cm³/mol. The van der Waals surface area contributed by atoms with Crippen molar-refractivity contribution in [2.45, 2.75) is 56.8 Å². The van der Waals surface area contributed by atoms with Gasteiger partial charge in [0.15, 0.2) is 17.5 Å². The molecule has 2 heterocycles. The van der Waals surface area contributed by atoms with Crippen LogP contribution >= 0.6 is 0 Å². The lowest BCUT2D eigenvalue weighted by Gasteiger charge is -2.64. The Kier molecular flexibility index (Phi) is 6.83. The highest BCUT2D eigenvalue weighted by molar-refractivity contribution is 6.05. The molecule has 4 nitrogen and oxygen atoms in total. The molecule has 5 aliphatic rings. The Morgan fingerprint density at radius 1 is 0.429 bits per heavy atom. The van der Waals surface area contributed by atoms with Gasteiger partial charge in [0.2, 0.25) is 0 Å². The molecule has 0 unspecified atom stereocenters. The molecule has 0 amide bonds. The van der Waals surface area contributed by atoms with Crippen molar-refractivity contribution in [3.63, 3.8) is 0 Å². The van der Waals surface area contributed by atoms with Crippen molar-refractivity contribution in [3.05, 3.63) is 162 Å². The fourth-order valence-corrected chi connectivity index (χ4v) is 12.1. The molecule has 0 aliphatic heterocycles. The minimum Gasteiger partial charge on any atom is -0.456 e. The lowest BCUT2D eigenvalue weighted by molar-refractivity contribution is -0.0443. The molecule has 272 valence electrons. The van der Waals surface area contributed by atoms with E-state index in [9.17, 15) is 0 Å². The Labute approximate surface area is 327 Å². The number of nitrogens with zero attached hydrogens (tertiary/aromatic N) is 3. The van der Waals surface area contributed by atoms with Crippen LogP contribution in [0.15, 0.2) is 144 Å². The molecule has 2 aromatic heterocycles. The number of furan rings is 1. The number of hydrogen-bond donors (Lipinski definition) is 0. The Bertz CT molecular complexity index is 2820. The first-order valence-corrected chi connectivity index (χ1v) is 20.5. The highest BCUT2D eigenvalue weighted by atomic mass is 16.3. The van der Waals surface area contributed by atoms with Crippen LogP contribution in [0.2, 0.25) is 0 Å². The molecule has 56 heavy (non-hydrogen) atoms. The normalized spacial score (nSPS) is 24.1. The summed E-state index contributed by atoms with van der Waals surface area (Å²) in [6.45, 7) is 4.86. The standard InChI is InChI=1S/C52H43N3O/c1-51(2)42-13-7-8-14-44(42)52(38-25-31-24-32(27-38)28-39(52)26-31)45-29-37(21-23-43(45)51)50-54-48(34-10-4-3-5-11-34)53-49(55-50)35-18-16-33(17-19-35)36-20-22-41-40-12-6-9-15-46(40)56-47(41)30-36/h3-23,29-32,38-39H,24-28H2,1-2H3. The third kappa shape index (κ3) is 4.62. The molecule has 4 saturated carbocycles. The Hall–Kier alpha value is -5.87. The van der Waals surface area contributed by atoms with Gasteiger partial charge in [-0.15, -0.1) is 0 Å². The number of rotatable bonds is 4. The van der Waals surface area contributed by atoms with Crippen LogP contribution in [0.1, 0.15) is 68.2 Å². The van der Waals surface area contributed by atoms with E-state index in [4.69, 9.17) is 19.4 Å². The summed E-state index contributed by atoms with van der Waals surface area (Å²) in [7, 11) is 0. The molecule has 4 heteroatoms. The lowest BCUT2D eigenvalue weighted by Crippen LogP contribution is -2.58. The van der Waals surface area contributed by atoms with E-state index in [2.05, 4.69) is 135 Å². The maximum atomic E-state index is 6.22. The number of fused-ring (bicyclic) bond motifs is 5. The van der Waals surface area contributed by atoms with Gasteiger partial charge in [0, 0.05) is 38.3 Å². The van der Waals surface area contributed by atoms with E-state index in [1.54, 1.807) is 5.56 Å². The molecule has 4 bridgehead atoms. The van der Waals surface area contributed by atoms with E-state index < -0.39 is 0 Å². The van der Waals surface area contributed by atoms with Gasteiger partial charge in [-0.05, 0) is 113 Å². The summed E-state index contributed by atoms with van der Waals surface area (Å²) in [6.07, 6.45) is 6.84. The number of benzene rings is 6. The summed E-state index contributed by atoms with van der Waals surface area (Å²) >= 11 is 0. The largest absolute Gasteiger partial charge is 0.456 e. The van der Waals surface area contributed by atoms with Crippen molar-refractivity contribution in [2.75, 3.05) is 0 Å². The summed E-state index contributed by atoms with van der Waals surface area (Å²) in [4.78, 5) is 15.6. The summed E-state index contributed by atoms with van der Waals surface area (Å²) in [5.41, 5.74) is 13.1. The van der Waals surface area contributed by atoms with Gasteiger partial charge >= 0.3 is 0 Å². The molecular weight excluding hydrogens is 683 g/mol. The van der Waals surface area contributed by atoms with Gasteiger partial charge in [-0.2, -0.15) is 0 Å². The molecule has 5 aliphatic carbocycles. The zero-order valence-electron chi connectivity index (χ0n) is 31.9. The number of hydrogen-bond acceptors (Lipinski definition) is 4. The van der Waals surface area contributed by atoms with Crippen molar-refractivity contribution in [3.8, 4) is 45.3 Å². The molecule has 6 aromatic carbocycles. The molecule has 0 N–H and O–H groups in total. The van der Waals surface area contributed by atoms with E-state index in [-0.39, 0.29) is 10.8 Å². The molecule has 13 rings (SSSR count). The molecule has 0 radical (unpaired) electrons. The first kappa shape index (κ1) is 32.4. The zero-order valence-corrected chi connectivity index (χ0v) is 31.9. The van der Waals surface area contributed by atoms with Gasteiger partial charge in [-0.25, -0.2) is 15.0 Å². The molecule has 8 aromatic rings. The Morgan fingerprint density at radius 3 is 1.70 bits per heavy atom. The zero-order chi connectivity index (χ0) is 37.2. The fraction of sp³-hybridized carbons (Fsp3) is 0.250. The van der Waals surface area contributed by atoms with Crippen LogP contribution in [-0.4, -0.2) is 15.0 Å². The lowest BCUT2D eigenvalue weighted by atomic mass is 9.39. The summed E-state index contributed by atoms with van der Waals surface area (Å²) in [5.74, 6) is 5.21. The van der Waals surface area contributed by atoms with Gasteiger partial charge in [-0.3, -0.25) is 0 Å². The average molecular weight is 726 g/mol. The smallest absolute Gasteiger partial charge is 0.164 e. The van der Waals surface area contributed by atoms with Gasteiger partial charge in [0.25, 0.3) is 0 Å². The fourth-order valence-electron chi connectivity index (χ4n) is 12.1. The number of para-hydroxylation sites is 1. The maximum Gasteiger partial charge on any atom is 0.164 e. The van der Waals surface area contributed by atoms with Crippen molar-refractivity contribution >= 4 is 21.9 Å². The van der Waals surface area contributed by atoms with E-state index in [1.807, 2.05) is 18.2 Å². The summed E-state index contributed by atoms with van der Waals surface area (Å²) < 4.78 is 6.22. The molecular formula is C52H43N3O. The van der Waals surface area contributed by atoms with Crippen molar-refractivity contribution < 1.29 is 4.42 Å². The van der Waals surface area contributed by atoms with E-state index in [1.165, 1.54) is 48.8 Å². The van der Waals surface area contributed by atoms with Crippen LogP contribution in [0, 0.1) is 23.7 Å². The van der Waals surface area contributed by atoms with Crippen LogP contribution in [-0.2, 0) is 10.8 Å². The molecule has 4 fully saturated rings. The topological polar surface area (TPSA) is 51.8 Å². The SMILES string of the molecule is CC1(C)c2ccccc2C2(c3cc(-c4nc(-c5ccccc5)nc(-c5ccc(-c6ccc7c(c6)oc6ccccc67)cc5)n4)ccc31)C1CC3CC(C1)CC2C3. The van der Waals surface area contributed by atoms with Crippen molar-refractivity contribution in [1.82, 2.24) is 15.0 Å². The minimum absolute atomic E-state index is 0.0320. The minimum atomic E-state index is -0.0967. The first-order chi connectivity index (χ1) is 27.4.